The maximum Gasteiger partial charge on any atom is 0.241 e. The largest absolute Gasteiger partial charge is 0.243 e. The summed E-state index contributed by atoms with van der Waals surface area (Å²) in [4.78, 5) is 11.1. The first-order chi connectivity index (χ1) is 23.8. The maximum absolute atomic E-state index is 5.12. The van der Waals surface area contributed by atoms with Crippen molar-refractivity contribution in [1.29, 1.82) is 0 Å². The van der Waals surface area contributed by atoms with Crippen LogP contribution in [-0.2, 0) is 0 Å². The third-order valence-electron chi connectivity index (χ3n) is 9.24. The van der Waals surface area contributed by atoms with Crippen LogP contribution in [0, 0.1) is 0 Å². The Morgan fingerprint density at radius 3 is 1.58 bits per heavy atom. The molecule has 4 heteroatoms. The van der Waals surface area contributed by atoms with Crippen molar-refractivity contribution in [3.63, 3.8) is 0 Å². The molecule has 0 atom stereocenters. The molecule has 0 saturated heterocycles. The summed E-state index contributed by atoms with van der Waals surface area (Å²) in [7, 11) is 0. The number of hydrogen-bond donors (Lipinski definition) is 0. The highest BCUT2D eigenvalue weighted by atomic mass is 32.1. The monoisotopic (exact) mass is 628 g/mol. The highest BCUT2D eigenvalue weighted by Crippen LogP contribution is 2.33. The van der Waals surface area contributed by atoms with Crippen molar-refractivity contribution in [2.24, 2.45) is 0 Å². The molecule has 224 valence electrons. The van der Waals surface area contributed by atoms with Crippen LogP contribution < -0.4 is 16.4 Å². The molecule has 0 fully saturated rings. The highest BCUT2D eigenvalue weighted by Gasteiger charge is 2.23. The summed E-state index contributed by atoms with van der Waals surface area (Å²) >= 11 is 1.70. The van der Waals surface area contributed by atoms with Gasteiger partial charge in [0.25, 0.3) is 0 Å². The van der Waals surface area contributed by atoms with Gasteiger partial charge in [-0.1, -0.05) is 174 Å². The van der Waals surface area contributed by atoms with Crippen LogP contribution in [0.5, 0.6) is 0 Å². The Labute approximate surface area is 284 Å². The van der Waals surface area contributed by atoms with Crippen LogP contribution in [0.15, 0.2) is 176 Å². The molecule has 2 aromatic heterocycles. The number of hydrogen-bond acceptors (Lipinski definition) is 3. The summed E-state index contributed by atoms with van der Waals surface area (Å²) < 4.78 is 1.22. The molecule has 0 amide bonds. The molecule has 9 rings (SSSR count). The van der Waals surface area contributed by atoms with Crippen LogP contribution >= 0.6 is 11.3 Å². The summed E-state index contributed by atoms with van der Waals surface area (Å²) in [6, 6.07) is 63.2. The minimum atomic E-state index is 0.0663. The Morgan fingerprint density at radius 1 is 0.375 bits per heavy atom. The zero-order chi connectivity index (χ0) is 31.9. The van der Waals surface area contributed by atoms with Gasteiger partial charge in [-0.05, 0) is 51.6 Å². The van der Waals surface area contributed by atoms with Gasteiger partial charge in [0.2, 0.25) is 6.71 Å². The van der Waals surface area contributed by atoms with Crippen molar-refractivity contribution >= 4 is 65.9 Å². The predicted octanol–water partition coefficient (Wildman–Crippen LogP) is 9.51. The summed E-state index contributed by atoms with van der Waals surface area (Å²) in [5.41, 5.74) is 13.8. The van der Waals surface area contributed by atoms with Gasteiger partial charge < -0.3 is 0 Å². The van der Waals surface area contributed by atoms with Crippen molar-refractivity contribution in [3.05, 3.63) is 176 Å². The molecule has 0 unspecified atom stereocenters. The second-order valence-corrected chi connectivity index (χ2v) is 13.2. The second-order valence-electron chi connectivity index (χ2n) is 12.2. The zero-order valence-corrected chi connectivity index (χ0v) is 26.9. The fraction of sp³-hybridized carbons (Fsp3) is 0. The van der Waals surface area contributed by atoms with Gasteiger partial charge in [0.1, 0.15) is 10.3 Å². The standard InChI is InChI=1S/C44H29BN2S/c1-3-10-30(11-4-1)32-18-23-36(24-19-32)45(37-25-20-33(21-26-37)31-12-5-2-6-13-31)38-15-9-14-34(28-38)35-22-27-40-41(29-35)46-43-39-16-7-8-17-42(39)48-44(43)47-40/h1-29H. The van der Waals surface area contributed by atoms with Gasteiger partial charge in [-0.3, -0.25) is 0 Å². The zero-order valence-electron chi connectivity index (χ0n) is 26.1. The topological polar surface area (TPSA) is 25.8 Å². The third kappa shape index (κ3) is 5.27. The van der Waals surface area contributed by atoms with Gasteiger partial charge in [-0.2, -0.15) is 0 Å². The van der Waals surface area contributed by atoms with Crippen LogP contribution in [0.2, 0.25) is 0 Å². The second kappa shape index (κ2) is 12.1. The van der Waals surface area contributed by atoms with E-state index >= 15 is 0 Å². The van der Waals surface area contributed by atoms with Crippen LogP contribution in [0.1, 0.15) is 0 Å². The molecule has 0 aliphatic rings. The number of nitrogens with zero attached hydrogens (tertiary/aromatic N) is 2. The third-order valence-corrected chi connectivity index (χ3v) is 10.3. The SMILES string of the molecule is c1ccc(-c2ccc(B(c3ccc(-c4ccccc4)cc3)c3cccc(-c4ccc5nc6sc7ccccc7c6nc5c4)c3)cc2)cc1. The summed E-state index contributed by atoms with van der Waals surface area (Å²) in [5.74, 6) is 0. The molecule has 0 spiro atoms. The van der Waals surface area contributed by atoms with Gasteiger partial charge in [-0.25, -0.2) is 9.97 Å². The number of aromatic nitrogens is 2. The molecule has 0 aliphatic heterocycles. The van der Waals surface area contributed by atoms with Crippen molar-refractivity contribution < 1.29 is 0 Å². The number of fused-ring (bicyclic) bond motifs is 4. The van der Waals surface area contributed by atoms with Gasteiger partial charge >= 0.3 is 0 Å². The first-order valence-corrected chi connectivity index (χ1v) is 17.1. The molecular formula is C44H29BN2S. The molecule has 9 aromatic rings. The average Bonchev–Trinajstić information content (AvgIpc) is 3.52. The Morgan fingerprint density at radius 2 is 0.917 bits per heavy atom. The lowest BCUT2D eigenvalue weighted by atomic mass is 9.36. The smallest absolute Gasteiger partial charge is 0.241 e. The number of thiophene rings is 1. The van der Waals surface area contributed by atoms with E-state index in [-0.39, 0.29) is 6.71 Å². The van der Waals surface area contributed by atoms with Gasteiger partial charge in [0, 0.05) is 10.1 Å². The molecule has 0 radical (unpaired) electrons. The fourth-order valence-corrected chi connectivity index (χ4v) is 7.82. The molecule has 7 aromatic carbocycles. The number of rotatable bonds is 6. The quantitative estimate of drug-likeness (QED) is 0.172. The molecule has 48 heavy (non-hydrogen) atoms. The summed E-state index contributed by atoms with van der Waals surface area (Å²) in [6.07, 6.45) is 0. The van der Waals surface area contributed by atoms with Crippen molar-refractivity contribution in [1.82, 2.24) is 9.97 Å². The van der Waals surface area contributed by atoms with Crippen LogP contribution in [-0.4, -0.2) is 16.7 Å². The Bertz CT molecular complexity index is 2460. The van der Waals surface area contributed by atoms with Gasteiger partial charge in [0.05, 0.1) is 11.0 Å². The predicted molar refractivity (Wildman–Crippen MR) is 206 cm³/mol. The molecule has 0 saturated carbocycles. The van der Waals surface area contributed by atoms with E-state index in [4.69, 9.17) is 9.97 Å². The molecular weight excluding hydrogens is 599 g/mol. The lowest BCUT2D eigenvalue weighted by Crippen LogP contribution is -2.51. The fourth-order valence-electron chi connectivity index (χ4n) is 6.79. The van der Waals surface area contributed by atoms with Crippen molar-refractivity contribution in [3.8, 4) is 33.4 Å². The Balaban J connectivity index is 1.13. The highest BCUT2D eigenvalue weighted by molar-refractivity contribution is 7.25. The summed E-state index contributed by atoms with van der Waals surface area (Å²) in [6.45, 7) is 0.0663. The molecule has 2 heterocycles. The van der Waals surface area contributed by atoms with E-state index in [2.05, 4.69) is 176 Å². The van der Waals surface area contributed by atoms with Crippen molar-refractivity contribution in [2.75, 3.05) is 0 Å². The lowest BCUT2D eigenvalue weighted by molar-refractivity contribution is 1.43. The van der Waals surface area contributed by atoms with E-state index in [1.54, 1.807) is 11.3 Å². The first-order valence-electron chi connectivity index (χ1n) is 16.3. The lowest BCUT2D eigenvalue weighted by Gasteiger charge is -2.18. The van der Waals surface area contributed by atoms with E-state index in [1.807, 2.05) is 0 Å². The van der Waals surface area contributed by atoms with Crippen molar-refractivity contribution in [2.45, 2.75) is 0 Å². The maximum atomic E-state index is 5.12. The van der Waals surface area contributed by atoms with E-state index in [0.717, 1.165) is 26.9 Å². The van der Waals surface area contributed by atoms with E-state index in [0.29, 0.717) is 0 Å². The molecule has 0 aliphatic carbocycles. The molecule has 0 bridgehead atoms. The molecule has 2 nitrogen and oxygen atoms in total. The van der Waals surface area contributed by atoms with Crippen LogP contribution in [0.25, 0.3) is 64.8 Å². The number of benzene rings is 7. The first kappa shape index (κ1) is 28.4. The Hall–Kier alpha value is -5.84. The Kier molecular flexibility index (Phi) is 7.14. The minimum Gasteiger partial charge on any atom is -0.243 e. The van der Waals surface area contributed by atoms with E-state index in [1.165, 1.54) is 54.3 Å². The van der Waals surface area contributed by atoms with E-state index in [9.17, 15) is 0 Å². The van der Waals surface area contributed by atoms with Crippen LogP contribution in [0.4, 0.5) is 0 Å². The summed E-state index contributed by atoms with van der Waals surface area (Å²) in [5, 5.41) is 1.17. The van der Waals surface area contributed by atoms with Gasteiger partial charge in [0.15, 0.2) is 0 Å². The normalized spacial score (nSPS) is 11.3. The van der Waals surface area contributed by atoms with Crippen LogP contribution in [0.3, 0.4) is 0 Å². The molecule has 0 N–H and O–H groups in total. The van der Waals surface area contributed by atoms with Gasteiger partial charge in [-0.15, -0.1) is 11.3 Å². The average molecular weight is 629 g/mol. The van der Waals surface area contributed by atoms with E-state index < -0.39 is 0 Å². The minimum absolute atomic E-state index is 0.0663.